The van der Waals surface area contributed by atoms with Crippen LogP contribution < -0.4 is 5.73 Å². The van der Waals surface area contributed by atoms with Crippen molar-refractivity contribution in [2.75, 3.05) is 19.4 Å². The molecule has 0 aliphatic heterocycles. The highest BCUT2D eigenvalue weighted by Gasteiger charge is 2.26. The van der Waals surface area contributed by atoms with Crippen LogP contribution in [0.15, 0.2) is 5.38 Å². The molecule has 0 atom stereocenters. The summed E-state index contributed by atoms with van der Waals surface area (Å²) in [6.45, 7) is 3.54. The molecule has 0 bridgehead atoms. The zero-order chi connectivity index (χ0) is 12.3. The number of nitrogens with zero attached hydrogens (tertiary/aromatic N) is 2. The molecule has 1 heterocycles. The van der Waals surface area contributed by atoms with Crippen molar-refractivity contribution in [1.29, 1.82) is 0 Å². The maximum atomic E-state index is 11.9. The molecular weight excluding hydrogens is 226 g/mol. The van der Waals surface area contributed by atoms with Crippen LogP contribution in [0.4, 0.5) is 5.13 Å². The van der Waals surface area contributed by atoms with Gasteiger partial charge in [0, 0.05) is 12.4 Å². The number of thiazole rings is 1. The highest BCUT2D eigenvalue weighted by atomic mass is 32.1. The summed E-state index contributed by atoms with van der Waals surface area (Å²) in [6.07, 6.45) is 0.216. The van der Waals surface area contributed by atoms with Crippen molar-refractivity contribution in [2.24, 2.45) is 0 Å². The molecule has 0 saturated carbocycles. The number of hydrogen-bond acceptors (Lipinski definition) is 5. The number of nitrogen functional groups attached to an aromatic ring is 1. The lowest BCUT2D eigenvalue weighted by molar-refractivity contribution is -0.135. The number of carbonyl (C=O) groups excluding carboxylic acids is 1. The van der Waals surface area contributed by atoms with Gasteiger partial charge in [-0.25, -0.2) is 4.98 Å². The summed E-state index contributed by atoms with van der Waals surface area (Å²) < 4.78 is 0. The third kappa shape index (κ3) is 2.93. The van der Waals surface area contributed by atoms with Gasteiger partial charge in [-0.1, -0.05) is 0 Å². The van der Waals surface area contributed by atoms with E-state index in [2.05, 4.69) is 4.98 Å². The van der Waals surface area contributed by atoms with Crippen LogP contribution in [0.25, 0.3) is 0 Å². The van der Waals surface area contributed by atoms with Gasteiger partial charge in [0.2, 0.25) is 5.91 Å². The predicted molar refractivity (Wildman–Crippen MR) is 64.2 cm³/mol. The average molecular weight is 243 g/mol. The van der Waals surface area contributed by atoms with Crippen LogP contribution in [0.5, 0.6) is 0 Å². The van der Waals surface area contributed by atoms with Crippen molar-refractivity contribution in [3.8, 4) is 0 Å². The molecule has 0 radical (unpaired) electrons. The van der Waals surface area contributed by atoms with Gasteiger partial charge in [0.1, 0.15) is 0 Å². The van der Waals surface area contributed by atoms with Gasteiger partial charge in [0.05, 0.1) is 24.3 Å². The number of aromatic nitrogens is 1. The SMILES string of the molecule is CN(C(=O)Cc1csc(N)n1)C(C)(C)CO. The van der Waals surface area contributed by atoms with Crippen LogP contribution in [-0.4, -0.2) is 40.1 Å². The maximum absolute atomic E-state index is 11.9. The van der Waals surface area contributed by atoms with Gasteiger partial charge in [-0.15, -0.1) is 11.3 Å². The minimum absolute atomic E-state index is 0.0750. The van der Waals surface area contributed by atoms with E-state index >= 15 is 0 Å². The minimum atomic E-state index is -0.557. The topological polar surface area (TPSA) is 79.5 Å². The summed E-state index contributed by atoms with van der Waals surface area (Å²) >= 11 is 1.32. The molecular formula is C10H17N3O2S. The number of rotatable bonds is 4. The van der Waals surface area contributed by atoms with Crippen molar-refractivity contribution in [3.05, 3.63) is 11.1 Å². The van der Waals surface area contributed by atoms with E-state index in [-0.39, 0.29) is 18.9 Å². The van der Waals surface area contributed by atoms with Crippen molar-refractivity contribution >= 4 is 22.4 Å². The van der Waals surface area contributed by atoms with Crippen LogP contribution >= 0.6 is 11.3 Å². The number of nitrogens with two attached hydrogens (primary N) is 1. The molecule has 0 aliphatic rings. The van der Waals surface area contributed by atoms with Gasteiger partial charge >= 0.3 is 0 Å². The number of likely N-dealkylation sites (N-methyl/N-ethyl adjacent to an activating group) is 1. The molecule has 0 spiro atoms. The highest BCUT2D eigenvalue weighted by molar-refractivity contribution is 7.13. The van der Waals surface area contributed by atoms with Crippen LogP contribution in [-0.2, 0) is 11.2 Å². The molecule has 0 fully saturated rings. The predicted octanol–water partition coefficient (Wildman–Crippen LogP) is 0.497. The lowest BCUT2D eigenvalue weighted by atomic mass is 10.0. The van der Waals surface area contributed by atoms with Crippen LogP contribution in [0.2, 0.25) is 0 Å². The largest absolute Gasteiger partial charge is 0.394 e. The lowest BCUT2D eigenvalue weighted by Gasteiger charge is -2.33. The van der Waals surface area contributed by atoms with E-state index in [1.165, 1.54) is 16.2 Å². The fourth-order valence-electron chi connectivity index (χ4n) is 1.12. The monoisotopic (exact) mass is 243 g/mol. The third-order valence-electron chi connectivity index (χ3n) is 2.57. The Morgan fingerprint density at radius 3 is 2.75 bits per heavy atom. The van der Waals surface area contributed by atoms with E-state index in [9.17, 15) is 4.79 Å². The number of aliphatic hydroxyl groups excluding tert-OH is 1. The average Bonchev–Trinajstić information content (AvgIpc) is 2.62. The maximum Gasteiger partial charge on any atom is 0.228 e. The first-order valence-electron chi connectivity index (χ1n) is 4.94. The first-order chi connectivity index (χ1) is 7.36. The molecule has 0 aromatic carbocycles. The van der Waals surface area contributed by atoms with Gasteiger partial charge < -0.3 is 15.7 Å². The fourth-order valence-corrected chi connectivity index (χ4v) is 1.68. The smallest absolute Gasteiger partial charge is 0.228 e. The molecule has 1 amide bonds. The van der Waals surface area contributed by atoms with Crippen LogP contribution in [0.1, 0.15) is 19.5 Å². The normalized spacial score (nSPS) is 11.5. The Balaban J connectivity index is 2.66. The first kappa shape index (κ1) is 12.9. The lowest BCUT2D eigenvalue weighted by Crippen LogP contribution is -2.48. The summed E-state index contributed by atoms with van der Waals surface area (Å²) in [4.78, 5) is 17.4. The van der Waals surface area contributed by atoms with Crippen LogP contribution in [0.3, 0.4) is 0 Å². The molecule has 6 heteroatoms. The molecule has 0 aliphatic carbocycles. The van der Waals surface area contributed by atoms with Crippen molar-refractivity contribution in [3.63, 3.8) is 0 Å². The van der Waals surface area contributed by atoms with E-state index in [1.54, 1.807) is 26.3 Å². The highest BCUT2D eigenvalue weighted by Crippen LogP contribution is 2.15. The van der Waals surface area contributed by atoms with Gasteiger partial charge in [-0.3, -0.25) is 4.79 Å². The molecule has 1 rings (SSSR count). The molecule has 3 N–H and O–H groups in total. The van der Waals surface area contributed by atoms with Gasteiger partial charge in [0.25, 0.3) is 0 Å². The Morgan fingerprint density at radius 2 is 2.31 bits per heavy atom. The number of aliphatic hydroxyl groups is 1. The van der Waals surface area contributed by atoms with E-state index in [1.807, 2.05) is 0 Å². The summed E-state index contributed by atoms with van der Waals surface area (Å²) in [5.41, 5.74) is 5.60. The van der Waals surface area contributed by atoms with Gasteiger partial charge in [-0.05, 0) is 13.8 Å². The zero-order valence-corrected chi connectivity index (χ0v) is 10.5. The molecule has 0 unspecified atom stereocenters. The second-order valence-corrected chi connectivity index (χ2v) is 5.17. The van der Waals surface area contributed by atoms with E-state index in [0.717, 1.165) is 0 Å². The number of hydrogen-bond donors (Lipinski definition) is 2. The molecule has 1 aromatic heterocycles. The third-order valence-corrected chi connectivity index (χ3v) is 3.29. The summed E-state index contributed by atoms with van der Waals surface area (Å²) in [6, 6.07) is 0. The molecule has 90 valence electrons. The fraction of sp³-hybridized carbons (Fsp3) is 0.600. The Morgan fingerprint density at radius 1 is 1.69 bits per heavy atom. The van der Waals surface area contributed by atoms with Gasteiger partial charge in [-0.2, -0.15) is 0 Å². The summed E-state index contributed by atoms with van der Waals surface area (Å²) in [7, 11) is 1.67. The molecule has 5 nitrogen and oxygen atoms in total. The van der Waals surface area contributed by atoms with E-state index in [4.69, 9.17) is 10.8 Å². The molecule has 0 saturated heterocycles. The Hall–Kier alpha value is -1.14. The number of anilines is 1. The Labute approximate surface area is 98.9 Å². The van der Waals surface area contributed by atoms with E-state index in [0.29, 0.717) is 10.8 Å². The minimum Gasteiger partial charge on any atom is -0.394 e. The zero-order valence-electron chi connectivity index (χ0n) is 9.73. The molecule has 16 heavy (non-hydrogen) atoms. The standard InChI is InChI=1S/C10H17N3O2S/c1-10(2,6-14)13(3)8(15)4-7-5-16-9(11)12-7/h5,14H,4,6H2,1-3H3,(H2,11,12). The van der Waals surface area contributed by atoms with Gasteiger partial charge in [0.15, 0.2) is 5.13 Å². The van der Waals surface area contributed by atoms with Crippen molar-refractivity contribution < 1.29 is 9.90 Å². The summed E-state index contributed by atoms with van der Waals surface area (Å²) in [5, 5.41) is 11.4. The number of carbonyl (C=O) groups is 1. The quantitative estimate of drug-likeness (QED) is 0.807. The van der Waals surface area contributed by atoms with Crippen molar-refractivity contribution in [2.45, 2.75) is 25.8 Å². The Bertz CT molecular complexity index is 376. The number of amides is 1. The Kier molecular flexibility index (Phi) is 3.88. The van der Waals surface area contributed by atoms with E-state index < -0.39 is 5.54 Å². The van der Waals surface area contributed by atoms with Crippen LogP contribution in [0, 0.1) is 0 Å². The second kappa shape index (κ2) is 4.80. The second-order valence-electron chi connectivity index (χ2n) is 4.28. The summed E-state index contributed by atoms with van der Waals surface area (Å²) in [5.74, 6) is -0.0793. The molecule has 1 aromatic rings. The first-order valence-corrected chi connectivity index (χ1v) is 5.82. The van der Waals surface area contributed by atoms with Crippen molar-refractivity contribution in [1.82, 2.24) is 9.88 Å².